The molecule has 0 bridgehead atoms. The number of benzene rings is 2. The Kier molecular flexibility index (Phi) is 8.74. The van der Waals surface area contributed by atoms with E-state index < -0.39 is 12.1 Å². The van der Waals surface area contributed by atoms with Crippen LogP contribution in [-0.2, 0) is 9.59 Å². The van der Waals surface area contributed by atoms with Gasteiger partial charge in [0, 0.05) is 18.1 Å². The fourth-order valence-electron chi connectivity index (χ4n) is 3.33. The fraction of sp³-hybridized carbons (Fsp3) is 0.364. The molecule has 1 saturated heterocycles. The number of nitrogens with one attached hydrogen (secondary N) is 1. The summed E-state index contributed by atoms with van der Waals surface area (Å²) >= 11 is 6.08. The Labute approximate surface area is 183 Å². The summed E-state index contributed by atoms with van der Waals surface area (Å²) in [5.41, 5.74) is 2.97. The highest BCUT2D eigenvalue weighted by Gasteiger charge is 2.38. The zero-order valence-corrected chi connectivity index (χ0v) is 17.7. The van der Waals surface area contributed by atoms with Crippen molar-refractivity contribution in [2.45, 2.75) is 38.3 Å². The molecule has 1 aliphatic rings. The molecule has 0 saturated carbocycles. The average molecular weight is 457 g/mol. The van der Waals surface area contributed by atoms with Gasteiger partial charge >= 0.3 is 12.1 Å². The first kappa shape index (κ1) is 24.5. The number of carbonyl (C=O) groups excluding carboxylic acids is 1. The molecule has 31 heavy (non-hydrogen) atoms. The largest absolute Gasteiger partial charge is 0.490 e. The number of hydrogen-bond donors (Lipinski definition) is 2. The van der Waals surface area contributed by atoms with E-state index in [-0.39, 0.29) is 11.8 Å². The van der Waals surface area contributed by atoms with Gasteiger partial charge in [0.25, 0.3) is 0 Å². The molecule has 2 aromatic carbocycles. The van der Waals surface area contributed by atoms with Crippen molar-refractivity contribution in [1.29, 1.82) is 0 Å². The Bertz CT molecular complexity index is 900. The highest BCUT2D eigenvalue weighted by Crippen LogP contribution is 2.31. The number of para-hydroxylation sites is 2. The van der Waals surface area contributed by atoms with Crippen LogP contribution in [0.4, 0.5) is 24.5 Å². The molecule has 5 nitrogen and oxygen atoms in total. The average Bonchev–Trinajstić information content (AvgIpc) is 3.23. The lowest BCUT2D eigenvalue weighted by atomic mass is 9.95. The summed E-state index contributed by atoms with van der Waals surface area (Å²) in [4.78, 5) is 24.1. The highest BCUT2D eigenvalue weighted by molar-refractivity contribution is 6.30. The minimum Gasteiger partial charge on any atom is -0.475 e. The summed E-state index contributed by atoms with van der Waals surface area (Å²) < 4.78 is 31.7. The van der Waals surface area contributed by atoms with Crippen LogP contribution in [0.3, 0.4) is 0 Å². The van der Waals surface area contributed by atoms with E-state index in [4.69, 9.17) is 21.5 Å². The summed E-state index contributed by atoms with van der Waals surface area (Å²) in [5, 5.41) is 10.9. The zero-order valence-electron chi connectivity index (χ0n) is 17.0. The van der Waals surface area contributed by atoms with Crippen LogP contribution >= 0.6 is 11.6 Å². The standard InChI is InChI=1S/C20H23ClN2O.C2HF3O2/c1-2-17(15-8-7-9-16(21)14-15)20(24)22-18-10-3-4-11-19(18)23-12-5-6-13-23;3-2(4,5)1(6)7/h3-4,7-11,14,17H,2,5-6,12-13H2,1H3,(H,22,24);(H,6,7). The van der Waals surface area contributed by atoms with Gasteiger partial charge in [0.2, 0.25) is 5.91 Å². The van der Waals surface area contributed by atoms with Gasteiger partial charge in [-0.3, -0.25) is 4.79 Å². The van der Waals surface area contributed by atoms with Crippen LogP contribution in [0.5, 0.6) is 0 Å². The molecule has 1 amide bonds. The van der Waals surface area contributed by atoms with Gasteiger partial charge < -0.3 is 15.3 Å². The second-order valence-corrected chi connectivity index (χ2v) is 7.46. The number of amides is 1. The second-order valence-electron chi connectivity index (χ2n) is 7.02. The third-order valence-corrected chi connectivity index (χ3v) is 5.06. The number of carbonyl (C=O) groups is 2. The van der Waals surface area contributed by atoms with Crippen LogP contribution in [0.2, 0.25) is 5.02 Å². The molecule has 1 atom stereocenters. The number of anilines is 2. The molecule has 1 unspecified atom stereocenters. The van der Waals surface area contributed by atoms with Gasteiger partial charge in [0.1, 0.15) is 0 Å². The van der Waals surface area contributed by atoms with Crippen molar-refractivity contribution in [2.75, 3.05) is 23.3 Å². The molecule has 1 heterocycles. The monoisotopic (exact) mass is 456 g/mol. The van der Waals surface area contributed by atoms with E-state index in [1.165, 1.54) is 12.8 Å². The quantitative estimate of drug-likeness (QED) is 0.605. The van der Waals surface area contributed by atoms with E-state index in [0.717, 1.165) is 36.4 Å². The van der Waals surface area contributed by atoms with Crippen LogP contribution < -0.4 is 10.2 Å². The Hall–Kier alpha value is -2.74. The summed E-state index contributed by atoms with van der Waals surface area (Å²) in [6.45, 7) is 4.13. The van der Waals surface area contributed by atoms with Crippen LogP contribution in [0.1, 0.15) is 37.7 Å². The molecule has 2 aromatic rings. The maximum Gasteiger partial charge on any atom is 0.490 e. The molecule has 0 aliphatic carbocycles. The first-order valence-corrected chi connectivity index (χ1v) is 10.2. The van der Waals surface area contributed by atoms with E-state index in [2.05, 4.69) is 16.3 Å². The Morgan fingerprint density at radius 1 is 1.13 bits per heavy atom. The first-order chi connectivity index (χ1) is 14.6. The predicted octanol–water partition coefficient (Wildman–Crippen LogP) is 5.71. The Balaban J connectivity index is 0.000000423. The van der Waals surface area contributed by atoms with Crippen molar-refractivity contribution in [1.82, 2.24) is 0 Å². The molecule has 0 aromatic heterocycles. The van der Waals surface area contributed by atoms with Gasteiger partial charge in [0.05, 0.1) is 17.3 Å². The van der Waals surface area contributed by atoms with E-state index >= 15 is 0 Å². The molecular weight excluding hydrogens is 433 g/mol. The third-order valence-electron chi connectivity index (χ3n) is 4.83. The lowest BCUT2D eigenvalue weighted by Gasteiger charge is -2.23. The second kappa shape index (κ2) is 11.0. The SMILES string of the molecule is CCC(C(=O)Nc1ccccc1N1CCCC1)c1cccc(Cl)c1.O=C(O)C(F)(F)F. The molecule has 2 N–H and O–H groups in total. The van der Waals surface area contributed by atoms with Crippen LogP contribution in [0.15, 0.2) is 48.5 Å². The zero-order chi connectivity index (χ0) is 23.0. The summed E-state index contributed by atoms with van der Waals surface area (Å²) in [5.74, 6) is -2.94. The van der Waals surface area contributed by atoms with Crippen molar-refractivity contribution in [3.63, 3.8) is 0 Å². The predicted molar refractivity (Wildman–Crippen MR) is 115 cm³/mol. The smallest absolute Gasteiger partial charge is 0.475 e. The van der Waals surface area contributed by atoms with Crippen molar-refractivity contribution >= 4 is 34.9 Å². The summed E-state index contributed by atoms with van der Waals surface area (Å²) in [6.07, 6.45) is -1.93. The topological polar surface area (TPSA) is 69.6 Å². The van der Waals surface area contributed by atoms with Crippen molar-refractivity contribution < 1.29 is 27.9 Å². The third kappa shape index (κ3) is 7.17. The van der Waals surface area contributed by atoms with Crippen LogP contribution in [0, 0.1) is 0 Å². The van der Waals surface area contributed by atoms with Crippen molar-refractivity contribution in [3.05, 3.63) is 59.1 Å². The molecular formula is C22H24ClF3N2O3. The van der Waals surface area contributed by atoms with E-state index in [9.17, 15) is 18.0 Å². The number of rotatable bonds is 5. The number of halogens is 4. The van der Waals surface area contributed by atoms with Gasteiger partial charge in [-0.15, -0.1) is 0 Å². The van der Waals surface area contributed by atoms with Crippen molar-refractivity contribution in [3.8, 4) is 0 Å². The van der Waals surface area contributed by atoms with Crippen LogP contribution in [0.25, 0.3) is 0 Å². The van der Waals surface area contributed by atoms with Crippen LogP contribution in [-0.4, -0.2) is 36.2 Å². The lowest BCUT2D eigenvalue weighted by molar-refractivity contribution is -0.192. The number of aliphatic carboxylic acids is 1. The molecule has 0 spiro atoms. The van der Waals surface area contributed by atoms with Gasteiger partial charge in [-0.2, -0.15) is 13.2 Å². The lowest BCUT2D eigenvalue weighted by Crippen LogP contribution is -2.24. The van der Waals surface area contributed by atoms with E-state index in [1.807, 2.05) is 49.4 Å². The van der Waals surface area contributed by atoms with E-state index in [1.54, 1.807) is 0 Å². The minimum atomic E-state index is -5.08. The minimum absolute atomic E-state index is 0.0198. The Morgan fingerprint density at radius 2 is 1.74 bits per heavy atom. The maximum absolute atomic E-state index is 12.8. The van der Waals surface area contributed by atoms with Gasteiger partial charge in [-0.25, -0.2) is 4.79 Å². The van der Waals surface area contributed by atoms with Gasteiger partial charge in [-0.05, 0) is 49.1 Å². The number of carboxylic acids is 1. The van der Waals surface area contributed by atoms with Crippen molar-refractivity contribution in [2.24, 2.45) is 0 Å². The summed E-state index contributed by atoms with van der Waals surface area (Å²) in [6, 6.07) is 15.6. The number of nitrogens with zero attached hydrogens (tertiary/aromatic N) is 1. The normalized spacial score (nSPS) is 14.4. The number of hydrogen-bond acceptors (Lipinski definition) is 3. The highest BCUT2D eigenvalue weighted by atomic mass is 35.5. The molecule has 1 fully saturated rings. The molecule has 168 valence electrons. The maximum atomic E-state index is 12.8. The molecule has 3 rings (SSSR count). The first-order valence-electron chi connectivity index (χ1n) is 9.84. The van der Waals surface area contributed by atoms with E-state index in [0.29, 0.717) is 5.02 Å². The number of carboxylic acid groups (broad SMARTS) is 1. The fourth-order valence-corrected chi connectivity index (χ4v) is 3.53. The summed E-state index contributed by atoms with van der Waals surface area (Å²) in [7, 11) is 0. The number of alkyl halides is 3. The van der Waals surface area contributed by atoms with Gasteiger partial charge in [0.15, 0.2) is 0 Å². The molecule has 9 heteroatoms. The molecule has 0 radical (unpaired) electrons. The Morgan fingerprint density at radius 3 is 2.29 bits per heavy atom. The molecule has 1 aliphatic heterocycles. The van der Waals surface area contributed by atoms with Gasteiger partial charge in [-0.1, -0.05) is 42.8 Å².